The molecule has 2 heterocycles. The SMILES string of the molecule is CN(C)CCOc1ncc(Cl)cc1S(=O)(=O)Nc1ccc(F)c(-c2ccc3nc(N)ncc3c2)c1F. The summed E-state index contributed by atoms with van der Waals surface area (Å²) < 4.78 is 64.3. The van der Waals surface area contributed by atoms with Crippen LogP contribution in [-0.4, -0.2) is 55.5 Å². The summed E-state index contributed by atoms with van der Waals surface area (Å²) in [6, 6.07) is 7.55. The lowest BCUT2D eigenvalue weighted by Crippen LogP contribution is -2.21. The Kier molecular flexibility index (Phi) is 7.20. The number of sulfonamides is 1. The lowest BCUT2D eigenvalue weighted by Gasteiger charge is -2.16. The summed E-state index contributed by atoms with van der Waals surface area (Å²) in [6.45, 7) is 0.646. The van der Waals surface area contributed by atoms with E-state index in [2.05, 4.69) is 19.7 Å². The first-order valence-electron chi connectivity index (χ1n) is 10.5. The van der Waals surface area contributed by atoms with Gasteiger partial charge in [0.2, 0.25) is 11.8 Å². The summed E-state index contributed by atoms with van der Waals surface area (Å²) in [6.07, 6.45) is 2.66. The van der Waals surface area contributed by atoms with Crippen LogP contribution in [0.5, 0.6) is 5.88 Å². The third-order valence-corrected chi connectivity index (χ3v) is 6.64. The third-order valence-electron chi connectivity index (χ3n) is 5.07. The zero-order valence-corrected chi connectivity index (χ0v) is 20.7. The highest BCUT2D eigenvalue weighted by Crippen LogP contribution is 2.34. The van der Waals surface area contributed by atoms with Crippen molar-refractivity contribution in [1.82, 2.24) is 19.9 Å². The molecule has 0 saturated carbocycles. The lowest BCUT2D eigenvalue weighted by molar-refractivity contribution is 0.248. The van der Waals surface area contributed by atoms with Crippen molar-refractivity contribution < 1.29 is 21.9 Å². The predicted octanol–water partition coefficient (Wildman–Crippen LogP) is 3.95. The van der Waals surface area contributed by atoms with Crippen LogP contribution in [0, 0.1) is 11.6 Å². The molecule has 0 bridgehead atoms. The molecule has 0 atom stereocenters. The fraction of sp³-hybridized carbons (Fsp3) is 0.174. The number of nitrogens with one attached hydrogen (secondary N) is 1. The van der Waals surface area contributed by atoms with Crippen molar-refractivity contribution in [1.29, 1.82) is 0 Å². The standard InChI is InChI=1S/C23H21ClF2N6O3S/c1-32(2)7-8-35-22-19(10-15(24)12-28-22)36(33,34)31-18-6-4-16(25)20(21(18)26)13-3-5-17-14(9-13)11-29-23(27)30-17/h3-6,9-12,31H,7-8H2,1-2H3,(H2,27,29,30). The number of pyridine rings is 1. The Morgan fingerprint density at radius 1 is 1.11 bits per heavy atom. The molecule has 0 amide bonds. The molecule has 0 spiro atoms. The second-order valence-corrected chi connectivity index (χ2v) is 10.1. The van der Waals surface area contributed by atoms with Gasteiger partial charge in [0, 0.05) is 24.3 Å². The fourth-order valence-corrected chi connectivity index (χ4v) is 4.74. The molecule has 0 aliphatic carbocycles. The fourth-order valence-electron chi connectivity index (χ4n) is 3.33. The summed E-state index contributed by atoms with van der Waals surface area (Å²) in [5.41, 5.74) is 5.32. The van der Waals surface area contributed by atoms with E-state index < -0.39 is 32.9 Å². The molecule has 3 N–H and O–H groups in total. The zero-order chi connectivity index (χ0) is 26.0. The Balaban J connectivity index is 1.71. The average Bonchev–Trinajstić information content (AvgIpc) is 2.81. The molecule has 36 heavy (non-hydrogen) atoms. The maximum absolute atomic E-state index is 15.5. The van der Waals surface area contributed by atoms with Crippen LogP contribution in [0.2, 0.25) is 5.02 Å². The van der Waals surface area contributed by atoms with E-state index in [9.17, 15) is 12.8 Å². The van der Waals surface area contributed by atoms with Crippen molar-refractivity contribution in [2.75, 3.05) is 37.7 Å². The molecule has 0 aliphatic rings. The van der Waals surface area contributed by atoms with Crippen molar-refractivity contribution in [3.05, 3.63) is 65.4 Å². The third kappa shape index (κ3) is 5.45. The van der Waals surface area contributed by atoms with E-state index >= 15 is 4.39 Å². The van der Waals surface area contributed by atoms with Gasteiger partial charge in [-0.05, 0) is 50.0 Å². The minimum absolute atomic E-state index is 0.0367. The summed E-state index contributed by atoms with van der Waals surface area (Å²) in [4.78, 5) is 13.3. The zero-order valence-electron chi connectivity index (χ0n) is 19.2. The summed E-state index contributed by atoms with van der Waals surface area (Å²) in [5.74, 6) is -2.14. The van der Waals surface area contributed by atoms with E-state index in [0.717, 1.165) is 18.2 Å². The molecule has 188 valence electrons. The van der Waals surface area contributed by atoms with Crippen LogP contribution in [0.4, 0.5) is 20.4 Å². The number of rotatable bonds is 8. The molecule has 0 saturated heterocycles. The molecule has 9 nitrogen and oxygen atoms in total. The predicted molar refractivity (Wildman–Crippen MR) is 133 cm³/mol. The maximum Gasteiger partial charge on any atom is 0.267 e. The van der Waals surface area contributed by atoms with Gasteiger partial charge in [-0.25, -0.2) is 32.2 Å². The van der Waals surface area contributed by atoms with Crippen molar-refractivity contribution >= 4 is 44.2 Å². The van der Waals surface area contributed by atoms with Crippen LogP contribution in [0.15, 0.2) is 53.7 Å². The molecule has 0 fully saturated rings. The minimum atomic E-state index is -4.42. The normalized spacial score (nSPS) is 11.7. The van der Waals surface area contributed by atoms with Gasteiger partial charge in [-0.3, -0.25) is 4.72 Å². The largest absolute Gasteiger partial charge is 0.475 e. The van der Waals surface area contributed by atoms with Crippen molar-refractivity contribution in [2.24, 2.45) is 0 Å². The summed E-state index contributed by atoms with van der Waals surface area (Å²) >= 11 is 5.96. The van der Waals surface area contributed by atoms with Crippen LogP contribution in [0.1, 0.15) is 0 Å². The molecule has 2 aromatic heterocycles. The Bertz CT molecular complexity index is 1550. The molecule has 4 rings (SSSR count). The Hall–Kier alpha value is -3.61. The van der Waals surface area contributed by atoms with E-state index in [4.69, 9.17) is 22.1 Å². The second kappa shape index (κ2) is 10.2. The number of nitrogens with two attached hydrogens (primary N) is 1. The van der Waals surface area contributed by atoms with Gasteiger partial charge in [0.05, 0.1) is 21.8 Å². The Labute approximate surface area is 211 Å². The van der Waals surface area contributed by atoms with Crippen molar-refractivity contribution in [2.45, 2.75) is 4.90 Å². The minimum Gasteiger partial charge on any atom is -0.475 e. The molecular formula is C23H21ClF2N6O3S. The number of anilines is 2. The molecular weight excluding hydrogens is 514 g/mol. The van der Waals surface area contributed by atoms with Gasteiger partial charge < -0.3 is 15.4 Å². The molecule has 13 heteroatoms. The van der Waals surface area contributed by atoms with Crippen LogP contribution in [0.3, 0.4) is 0 Å². The van der Waals surface area contributed by atoms with Crippen LogP contribution < -0.4 is 15.2 Å². The Morgan fingerprint density at radius 2 is 1.89 bits per heavy atom. The number of ether oxygens (including phenoxy) is 1. The highest BCUT2D eigenvalue weighted by molar-refractivity contribution is 7.92. The van der Waals surface area contributed by atoms with Crippen molar-refractivity contribution in [3.8, 4) is 17.0 Å². The molecule has 4 aromatic rings. The lowest BCUT2D eigenvalue weighted by atomic mass is 10.0. The molecule has 2 aromatic carbocycles. The smallest absolute Gasteiger partial charge is 0.267 e. The first-order valence-corrected chi connectivity index (χ1v) is 12.4. The number of fused-ring (bicyclic) bond motifs is 1. The van der Waals surface area contributed by atoms with E-state index in [0.29, 0.717) is 17.4 Å². The quantitative estimate of drug-likeness (QED) is 0.348. The number of aromatic nitrogens is 3. The number of likely N-dealkylation sites (N-methyl/N-ethyl adjacent to an activating group) is 1. The molecule has 0 aliphatic heterocycles. The molecule has 0 unspecified atom stereocenters. The van der Waals surface area contributed by atoms with Gasteiger partial charge in [0.25, 0.3) is 10.0 Å². The first-order chi connectivity index (χ1) is 17.0. The van der Waals surface area contributed by atoms with Gasteiger partial charge in [-0.15, -0.1) is 0 Å². The van der Waals surface area contributed by atoms with Crippen LogP contribution >= 0.6 is 11.6 Å². The number of hydrogen-bond donors (Lipinski definition) is 2. The number of halogens is 3. The topological polar surface area (TPSA) is 123 Å². The van der Waals surface area contributed by atoms with Gasteiger partial charge >= 0.3 is 0 Å². The number of benzene rings is 2. The van der Waals surface area contributed by atoms with Gasteiger partial charge in [-0.2, -0.15) is 0 Å². The highest BCUT2D eigenvalue weighted by atomic mass is 35.5. The summed E-state index contributed by atoms with van der Waals surface area (Å²) in [7, 11) is -0.774. The van der Waals surface area contributed by atoms with Crippen LogP contribution in [-0.2, 0) is 10.0 Å². The summed E-state index contributed by atoms with van der Waals surface area (Å²) in [5, 5.41) is 0.533. The molecule has 0 radical (unpaired) electrons. The van der Waals surface area contributed by atoms with Gasteiger partial charge in [0.15, 0.2) is 10.7 Å². The number of hydrogen-bond acceptors (Lipinski definition) is 8. The first kappa shape index (κ1) is 25.5. The van der Waals surface area contributed by atoms with Crippen LogP contribution in [0.25, 0.3) is 22.0 Å². The number of nitrogens with zero attached hydrogens (tertiary/aromatic N) is 4. The van der Waals surface area contributed by atoms with Gasteiger partial charge in [-0.1, -0.05) is 17.7 Å². The van der Waals surface area contributed by atoms with E-state index in [1.54, 1.807) is 0 Å². The highest BCUT2D eigenvalue weighted by Gasteiger charge is 2.25. The van der Waals surface area contributed by atoms with E-state index in [1.807, 2.05) is 19.0 Å². The van der Waals surface area contributed by atoms with Crippen molar-refractivity contribution in [3.63, 3.8) is 0 Å². The number of nitrogen functional groups attached to an aromatic ring is 1. The maximum atomic E-state index is 15.5. The van der Waals surface area contributed by atoms with E-state index in [-0.39, 0.29) is 33.9 Å². The average molecular weight is 535 g/mol. The second-order valence-electron chi connectivity index (χ2n) is 8.00. The van der Waals surface area contributed by atoms with Gasteiger partial charge in [0.1, 0.15) is 12.4 Å². The Morgan fingerprint density at radius 3 is 2.64 bits per heavy atom. The van der Waals surface area contributed by atoms with E-state index in [1.165, 1.54) is 30.6 Å². The monoisotopic (exact) mass is 534 g/mol.